The van der Waals surface area contributed by atoms with Crippen molar-refractivity contribution in [1.82, 2.24) is 9.97 Å². The quantitative estimate of drug-likeness (QED) is 0.127. The summed E-state index contributed by atoms with van der Waals surface area (Å²) in [4.78, 5) is 9.30. The van der Waals surface area contributed by atoms with Crippen molar-refractivity contribution in [2.24, 2.45) is 5.92 Å². The van der Waals surface area contributed by atoms with Crippen LogP contribution in [0, 0.1) is 25.0 Å². The molecular weight excluding hydrogens is 797 g/mol. The second-order valence-electron chi connectivity index (χ2n) is 13.9. The maximum atomic E-state index is 9.13. The molecule has 5 heteroatoms. The first kappa shape index (κ1) is 33.0. The van der Waals surface area contributed by atoms with E-state index in [-0.39, 0.29) is 20.1 Å². The predicted molar refractivity (Wildman–Crippen MR) is 206 cm³/mol. The SMILES string of the molecule is Cc1cc(-c2[c-]cccc2)ncc1[Si](C)(C)C.[2H]C(C)(c1ccnc(-c2[c-]ccc3c2sc2ccc4ccccc4c23)c1)C1CCCC1.[Ir]. The molecule has 2 nitrogen and oxygen atoms in total. The zero-order valence-corrected chi connectivity index (χ0v) is 32.6. The summed E-state index contributed by atoms with van der Waals surface area (Å²) < 4.78 is 11.7. The number of hydrogen-bond donors (Lipinski definition) is 0. The van der Waals surface area contributed by atoms with Crippen LogP contribution in [0.3, 0.4) is 0 Å². The Hall–Kier alpha value is -3.47. The Morgan fingerprint density at radius 3 is 2.40 bits per heavy atom. The van der Waals surface area contributed by atoms with Crippen LogP contribution in [0.5, 0.6) is 0 Å². The Balaban J connectivity index is 0.000000198. The van der Waals surface area contributed by atoms with Gasteiger partial charge in [0.15, 0.2) is 0 Å². The standard InChI is InChI=1S/C28H24NS.C15H18NSi.Ir/c1-18(19-7-2-3-8-19)21-15-16-29-25(17-21)23-11-6-12-24-27-22-10-5-4-9-20(22)13-14-26(27)30-28(23)24;1-12-10-14(13-8-6-5-7-9-13)16-11-15(12)17(2,3)4;/h4-6,9-10,12-19H,2-3,7-8H2,1H3;5-8,10-11H,1-4H3;/q2*-1;/i18D;;. The van der Waals surface area contributed by atoms with Gasteiger partial charge in [-0.2, -0.15) is 11.3 Å². The van der Waals surface area contributed by atoms with E-state index in [1.165, 1.54) is 54.5 Å². The molecule has 8 rings (SSSR count). The summed E-state index contributed by atoms with van der Waals surface area (Å²) in [6.45, 7) is 11.3. The number of fused-ring (bicyclic) bond motifs is 5. The van der Waals surface area contributed by atoms with Crippen molar-refractivity contribution in [3.63, 3.8) is 0 Å². The molecule has 4 aromatic carbocycles. The first-order chi connectivity index (χ1) is 23.1. The van der Waals surface area contributed by atoms with Crippen LogP contribution in [0.2, 0.25) is 19.6 Å². The molecule has 0 saturated heterocycles. The van der Waals surface area contributed by atoms with Crippen molar-refractivity contribution >= 4 is 55.5 Å². The minimum absolute atomic E-state index is 0. The summed E-state index contributed by atoms with van der Waals surface area (Å²) in [7, 11) is -1.27. The Bertz CT molecular complexity index is 2230. The molecule has 1 saturated carbocycles. The second kappa shape index (κ2) is 14.6. The molecule has 1 aliphatic carbocycles. The number of hydrogen-bond acceptors (Lipinski definition) is 3. The molecule has 3 aromatic heterocycles. The monoisotopic (exact) mass is 840 g/mol. The average Bonchev–Trinajstić information content (AvgIpc) is 3.78. The molecule has 0 bridgehead atoms. The van der Waals surface area contributed by atoms with Crippen LogP contribution in [0.15, 0.2) is 103 Å². The summed E-state index contributed by atoms with van der Waals surface area (Å²) in [6.07, 6.45) is 8.74. The van der Waals surface area contributed by atoms with Gasteiger partial charge < -0.3 is 9.97 Å². The fraction of sp³-hybridized carbons (Fsp3) is 0.256. The number of rotatable bonds is 5. The number of pyridine rings is 2. The fourth-order valence-electron chi connectivity index (χ4n) is 7.15. The predicted octanol–water partition coefficient (Wildman–Crippen LogP) is 11.8. The Morgan fingerprint density at radius 1 is 0.854 bits per heavy atom. The van der Waals surface area contributed by atoms with Gasteiger partial charge in [-0.3, -0.25) is 0 Å². The van der Waals surface area contributed by atoms with Gasteiger partial charge in [0.1, 0.15) is 0 Å². The van der Waals surface area contributed by atoms with E-state index in [4.69, 9.17) is 6.35 Å². The largest absolute Gasteiger partial charge is 0.305 e. The molecule has 1 aliphatic rings. The number of thiophene rings is 1. The molecule has 1 unspecified atom stereocenters. The summed E-state index contributed by atoms with van der Waals surface area (Å²) in [6, 6.07) is 38.3. The Morgan fingerprint density at radius 2 is 1.65 bits per heavy atom. The van der Waals surface area contributed by atoms with E-state index in [0.29, 0.717) is 5.92 Å². The molecule has 0 amide bonds. The molecule has 7 aromatic rings. The van der Waals surface area contributed by atoms with Gasteiger partial charge in [0.25, 0.3) is 0 Å². The van der Waals surface area contributed by atoms with E-state index >= 15 is 0 Å². The van der Waals surface area contributed by atoms with Crippen LogP contribution in [0.25, 0.3) is 53.5 Å². The number of aromatic nitrogens is 2. The first-order valence-electron chi connectivity index (χ1n) is 17.3. The molecule has 0 spiro atoms. The maximum absolute atomic E-state index is 9.13. The van der Waals surface area contributed by atoms with E-state index in [1.807, 2.05) is 47.9 Å². The zero-order valence-electron chi connectivity index (χ0n) is 29.4. The molecule has 3 heterocycles. The summed E-state index contributed by atoms with van der Waals surface area (Å²) in [5, 5.41) is 6.59. The van der Waals surface area contributed by atoms with Crippen molar-refractivity contribution in [1.29, 1.82) is 0 Å². The van der Waals surface area contributed by atoms with Crippen LogP contribution in [-0.2, 0) is 20.1 Å². The topological polar surface area (TPSA) is 25.8 Å². The molecule has 48 heavy (non-hydrogen) atoms. The van der Waals surface area contributed by atoms with Crippen LogP contribution in [0.4, 0.5) is 0 Å². The van der Waals surface area contributed by atoms with Gasteiger partial charge in [0.05, 0.1) is 8.07 Å². The zero-order chi connectivity index (χ0) is 33.5. The average molecular weight is 840 g/mol. The first-order valence-corrected chi connectivity index (χ1v) is 21.1. The van der Waals surface area contributed by atoms with Gasteiger partial charge in [-0.15, -0.1) is 59.7 Å². The van der Waals surface area contributed by atoms with Gasteiger partial charge in [0.2, 0.25) is 0 Å². The number of benzene rings is 4. The number of aryl methyl sites for hydroxylation is 1. The van der Waals surface area contributed by atoms with Crippen molar-refractivity contribution in [2.45, 2.75) is 65.1 Å². The fourth-order valence-corrected chi connectivity index (χ4v) is 10.1. The summed E-state index contributed by atoms with van der Waals surface area (Å²) in [5.41, 5.74) is 6.48. The third-order valence-electron chi connectivity index (χ3n) is 9.66. The van der Waals surface area contributed by atoms with Crippen molar-refractivity contribution in [2.75, 3.05) is 0 Å². The van der Waals surface area contributed by atoms with Crippen LogP contribution in [-0.4, -0.2) is 18.0 Å². The van der Waals surface area contributed by atoms with Crippen LogP contribution < -0.4 is 5.19 Å². The summed E-state index contributed by atoms with van der Waals surface area (Å²) in [5.74, 6) is -0.142. The van der Waals surface area contributed by atoms with Crippen LogP contribution >= 0.6 is 11.3 Å². The van der Waals surface area contributed by atoms with E-state index in [2.05, 4.69) is 117 Å². The second-order valence-corrected chi connectivity index (χ2v) is 20.0. The Kier molecular flexibility index (Phi) is 10.0. The smallest absolute Gasteiger partial charge is 0.0798 e. The van der Waals surface area contributed by atoms with E-state index in [0.717, 1.165) is 40.9 Å². The van der Waals surface area contributed by atoms with E-state index in [1.54, 1.807) is 0 Å². The Labute approximate surface area is 305 Å². The summed E-state index contributed by atoms with van der Waals surface area (Å²) >= 11 is 1.82. The minimum Gasteiger partial charge on any atom is -0.305 e. The molecule has 0 aliphatic heterocycles. The van der Waals surface area contributed by atoms with Gasteiger partial charge >= 0.3 is 0 Å². The molecular formula is C43H42IrN2SSi-2. The van der Waals surface area contributed by atoms with Gasteiger partial charge in [-0.1, -0.05) is 98.4 Å². The molecule has 1 atom stereocenters. The maximum Gasteiger partial charge on any atom is 0.0798 e. The van der Waals surface area contributed by atoms with Gasteiger partial charge in [0, 0.05) is 38.6 Å². The number of nitrogens with zero attached hydrogens (tertiary/aromatic N) is 2. The molecule has 245 valence electrons. The van der Waals surface area contributed by atoms with Crippen LogP contribution in [0.1, 0.15) is 51.0 Å². The molecule has 0 N–H and O–H groups in total. The van der Waals surface area contributed by atoms with E-state index in [9.17, 15) is 0 Å². The minimum atomic E-state index is -1.27. The normalized spacial score (nSPS) is 15.1. The third-order valence-corrected chi connectivity index (χ3v) is 13.0. The molecule has 1 fully saturated rings. The van der Waals surface area contributed by atoms with Crippen molar-refractivity contribution < 1.29 is 21.5 Å². The van der Waals surface area contributed by atoms with Gasteiger partial charge in [-0.05, 0) is 81.1 Å². The van der Waals surface area contributed by atoms with Gasteiger partial charge in [-0.25, -0.2) is 0 Å². The van der Waals surface area contributed by atoms with E-state index < -0.39 is 14.0 Å². The third kappa shape index (κ3) is 6.98. The molecule has 1 radical (unpaired) electrons. The van der Waals surface area contributed by atoms with Crippen molar-refractivity contribution in [3.05, 3.63) is 127 Å². The van der Waals surface area contributed by atoms with Crippen molar-refractivity contribution in [3.8, 4) is 22.5 Å².